The second-order valence-electron chi connectivity index (χ2n) is 5.91. The average Bonchev–Trinajstić information content (AvgIpc) is 3.24. The Morgan fingerprint density at radius 1 is 1.29 bits per heavy atom. The molecule has 2 atom stereocenters. The number of aliphatic hydroxyl groups excluding tert-OH is 1. The van der Waals surface area contributed by atoms with Crippen LogP contribution in [0.3, 0.4) is 0 Å². The van der Waals surface area contributed by atoms with Crippen LogP contribution in [0.2, 0.25) is 0 Å². The molecule has 1 aliphatic rings. The summed E-state index contributed by atoms with van der Waals surface area (Å²) < 4.78 is 5.25. The monoisotopic (exact) mass is 328 g/mol. The highest BCUT2D eigenvalue weighted by molar-refractivity contribution is 5.89. The molecule has 0 spiro atoms. The van der Waals surface area contributed by atoms with Crippen molar-refractivity contribution in [3.05, 3.63) is 60.1 Å². The van der Waals surface area contributed by atoms with E-state index in [0.717, 1.165) is 5.56 Å². The minimum absolute atomic E-state index is 0.0631. The number of hydrogen-bond donors (Lipinski definition) is 2. The lowest BCUT2D eigenvalue weighted by molar-refractivity contribution is -0.129. The molecule has 1 aromatic heterocycles. The maximum absolute atomic E-state index is 12.5. The molecule has 1 fully saturated rings. The van der Waals surface area contributed by atoms with E-state index in [0.29, 0.717) is 18.8 Å². The molecular weight excluding hydrogens is 308 g/mol. The lowest BCUT2D eigenvalue weighted by Gasteiger charge is -2.19. The number of hydrogen-bond acceptors (Lipinski definition) is 4. The van der Waals surface area contributed by atoms with Crippen molar-refractivity contribution in [3.8, 4) is 0 Å². The van der Waals surface area contributed by atoms with Gasteiger partial charge in [0.05, 0.1) is 31.4 Å². The van der Waals surface area contributed by atoms with E-state index in [9.17, 15) is 14.7 Å². The molecule has 1 aliphatic heterocycles. The summed E-state index contributed by atoms with van der Waals surface area (Å²) in [6.07, 6.45) is 1.74. The molecule has 0 bridgehead atoms. The summed E-state index contributed by atoms with van der Waals surface area (Å²) in [6, 6.07) is 12.4. The summed E-state index contributed by atoms with van der Waals surface area (Å²) in [6.45, 7) is 0.544. The van der Waals surface area contributed by atoms with Crippen LogP contribution in [-0.2, 0) is 16.1 Å². The Labute approximate surface area is 140 Å². The molecule has 1 aromatic carbocycles. The molecule has 126 valence electrons. The van der Waals surface area contributed by atoms with Crippen LogP contribution in [0.25, 0.3) is 0 Å². The normalized spacial score (nSPS) is 18.6. The van der Waals surface area contributed by atoms with Gasteiger partial charge in [-0.3, -0.25) is 9.59 Å². The van der Waals surface area contributed by atoms with Gasteiger partial charge >= 0.3 is 0 Å². The second kappa shape index (κ2) is 7.31. The van der Waals surface area contributed by atoms with Crippen LogP contribution in [0.5, 0.6) is 0 Å². The zero-order valence-electron chi connectivity index (χ0n) is 13.2. The molecule has 0 radical (unpaired) electrons. The van der Waals surface area contributed by atoms with Crippen LogP contribution in [0, 0.1) is 5.92 Å². The quantitative estimate of drug-likeness (QED) is 0.841. The third kappa shape index (κ3) is 3.65. The highest BCUT2D eigenvalue weighted by Gasteiger charge is 2.35. The molecule has 2 heterocycles. The van der Waals surface area contributed by atoms with Gasteiger partial charge in [0.1, 0.15) is 5.76 Å². The highest BCUT2D eigenvalue weighted by atomic mass is 16.3. The van der Waals surface area contributed by atoms with Crippen LogP contribution in [0.15, 0.2) is 53.1 Å². The van der Waals surface area contributed by atoms with E-state index in [1.807, 2.05) is 30.3 Å². The highest BCUT2D eigenvalue weighted by Crippen LogP contribution is 2.22. The number of carbonyl (C=O) groups is 2. The molecule has 2 amide bonds. The number of rotatable bonds is 6. The average molecular weight is 328 g/mol. The number of carbonyl (C=O) groups excluding carboxylic acids is 2. The van der Waals surface area contributed by atoms with E-state index < -0.39 is 12.0 Å². The molecule has 0 unspecified atom stereocenters. The van der Waals surface area contributed by atoms with Crippen molar-refractivity contribution in [1.82, 2.24) is 10.2 Å². The van der Waals surface area contributed by atoms with Gasteiger partial charge in [-0.25, -0.2) is 0 Å². The summed E-state index contributed by atoms with van der Waals surface area (Å²) >= 11 is 0. The Bertz CT molecular complexity index is 684. The molecular formula is C18H20N2O4. The Kier molecular flexibility index (Phi) is 4.96. The zero-order valence-corrected chi connectivity index (χ0v) is 13.2. The first-order chi connectivity index (χ1) is 11.7. The van der Waals surface area contributed by atoms with Gasteiger partial charge in [-0.05, 0) is 17.7 Å². The Balaban J connectivity index is 1.60. The molecule has 2 N–H and O–H groups in total. The summed E-state index contributed by atoms with van der Waals surface area (Å²) in [7, 11) is 0. The van der Waals surface area contributed by atoms with Gasteiger partial charge in [0, 0.05) is 13.0 Å². The molecule has 3 rings (SSSR count). The summed E-state index contributed by atoms with van der Waals surface area (Å²) in [5.41, 5.74) is 0.838. The van der Waals surface area contributed by atoms with E-state index in [-0.39, 0.29) is 24.8 Å². The van der Waals surface area contributed by atoms with E-state index in [1.165, 1.54) is 0 Å². The van der Waals surface area contributed by atoms with E-state index >= 15 is 0 Å². The number of likely N-dealkylation sites (tertiary alicyclic amines) is 1. The molecule has 24 heavy (non-hydrogen) atoms. The number of nitrogens with zero attached hydrogens (tertiary/aromatic N) is 1. The van der Waals surface area contributed by atoms with Crippen molar-refractivity contribution in [1.29, 1.82) is 0 Å². The van der Waals surface area contributed by atoms with Crippen molar-refractivity contribution >= 4 is 11.8 Å². The molecule has 6 heteroatoms. The Morgan fingerprint density at radius 2 is 2.08 bits per heavy atom. The van der Waals surface area contributed by atoms with Gasteiger partial charge in [0.2, 0.25) is 11.8 Å². The maximum atomic E-state index is 12.5. The number of nitrogens with one attached hydrogen (secondary N) is 1. The maximum Gasteiger partial charge on any atom is 0.225 e. The van der Waals surface area contributed by atoms with Gasteiger partial charge in [0.25, 0.3) is 0 Å². The fourth-order valence-corrected chi connectivity index (χ4v) is 2.90. The van der Waals surface area contributed by atoms with E-state index in [1.54, 1.807) is 23.3 Å². The SMILES string of the molecule is O=C(N[C@@H](CO)c1ccccc1)[C@@H]1CC(=O)N(Cc2ccco2)C1. The molecule has 0 saturated carbocycles. The van der Waals surface area contributed by atoms with Crippen LogP contribution in [0.1, 0.15) is 23.8 Å². The van der Waals surface area contributed by atoms with E-state index in [4.69, 9.17) is 4.42 Å². The van der Waals surface area contributed by atoms with E-state index in [2.05, 4.69) is 5.32 Å². The zero-order chi connectivity index (χ0) is 16.9. The second-order valence-corrected chi connectivity index (χ2v) is 5.91. The van der Waals surface area contributed by atoms with Gasteiger partial charge in [-0.2, -0.15) is 0 Å². The lowest BCUT2D eigenvalue weighted by atomic mass is 10.0. The van der Waals surface area contributed by atoms with Crippen molar-refractivity contribution in [2.24, 2.45) is 5.92 Å². The van der Waals surface area contributed by atoms with Crippen LogP contribution in [0.4, 0.5) is 0 Å². The third-order valence-corrected chi connectivity index (χ3v) is 4.21. The lowest BCUT2D eigenvalue weighted by Crippen LogP contribution is -2.36. The predicted octanol–water partition coefficient (Wildman–Crippen LogP) is 1.48. The fraction of sp³-hybridized carbons (Fsp3) is 0.333. The Morgan fingerprint density at radius 3 is 2.75 bits per heavy atom. The number of amides is 2. The van der Waals surface area contributed by atoms with Gasteiger partial charge < -0.3 is 19.7 Å². The Hall–Kier alpha value is -2.60. The molecule has 2 aromatic rings. The van der Waals surface area contributed by atoms with Gasteiger partial charge in [0.15, 0.2) is 0 Å². The molecule has 6 nitrogen and oxygen atoms in total. The standard InChI is InChI=1S/C18H20N2O4/c21-12-16(13-5-2-1-3-6-13)19-18(23)14-9-17(22)20(10-14)11-15-7-4-8-24-15/h1-8,14,16,21H,9-12H2,(H,19,23)/t14-,16+/m1/s1. The first-order valence-electron chi connectivity index (χ1n) is 7.93. The summed E-state index contributed by atoms with van der Waals surface area (Å²) in [5.74, 6) is 0.00663. The predicted molar refractivity (Wildman–Crippen MR) is 86.6 cm³/mol. The van der Waals surface area contributed by atoms with Crippen molar-refractivity contribution in [3.63, 3.8) is 0 Å². The summed E-state index contributed by atoms with van der Waals surface area (Å²) in [4.78, 5) is 26.2. The van der Waals surface area contributed by atoms with Gasteiger partial charge in [-0.15, -0.1) is 0 Å². The smallest absolute Gasteiger partial charge is 0.225 e. The number of furan rings is 1. The summed E-state index contributed by atoms with van der Waals surface area (Å²) in [5, 5.41) is 12.4. The molecule has 0 aliphatic carbocycles. The van der Waals surface area contributed by atoms with Crippen LogP contribution in [-0.4, -0.2) is 35.0 Å². The minimum atomic E-state index is -0.465. The van der Waals surface area contributed by atoms with Crippen molar-refractivity contribution in [2.45, 2.75) is 19.0 Å². The first-order valence-corrected chi connectivity index (χ1v) is 7.93. The fourth-order valence-electron chi connectivity index (χ4n) is 2.90. The minimum Gasteiger partial charge on any atom is -0.467 e. The van der Waals surface area contributed by atoms with Crippen molar-refractivity contribution < 1.29 is 19.1 Å². The first kappa shape index (κ1) is 16.3. The topological polar surface area (TPSA) is 82.8 Å². The number of benzene rings is 1. The third-order valence-electron chi connectivity index (χ3n) is 4.21. The number of aliphatic hydroxyl groups is 1. The largest absolute Gasteiger partial charge is 0.467 e. The van der Waals surface area contributed by atoms with Crippen molar-refractivity contribution in [2.75, 3.05) is 13.2 Å². The van der Waals surface area contributed by atoms with Crippen LogP contribution >= 0.6 is 0 Å². The van der Waals surface area contributed by atoms with Crippen LogP contribution < -0.4 is 5.32 Å². The molecule has 1 saturated heterocycles. The van der Waals surface area contributed by atoms with Gasteiger partial charge in [-0.1, -0.05) is 30.3 Å².